The highest BCUT2D eigenvalue weighted by Gasteiger charge is 2.45. The molecule has 1 amide bonds. The molecule has 3 aliphatic rings. The first kappa shape index (κ1) is 21.3. The summed E-state index contributed by atoms with van der Waals surface area (Å²) in [4.78, 5) is 31.2. The number of piperazine rings is 1. The van der Waals surface area contributed by atoms with E-state index >= 15 is 0 Å². The first-order valence-electron chi connectivity index (χ1n) is 12.3. The summed E-state index contributed by atoms with van der Waals surface area (Å²) >= 11 is 0. The average molecular weight is 461 g/mol. The molecule has 178 valence electrons. The van der Waals surface area contributed by atoms with Gasteiger partial charge in [-0.1, -0.05) is 12.8 Å². The largest absolute Gasteiger partial charge is 0.367 e. The van der Waals surface area contributed by atoms with E-state index in [-0.39, 0.29) is 11.4 Å². The van der Waals surface area contributed by atoms with Crippen molar-refractivity contribution in [1.29, 1.82) is 0 Å². The summed E-state index contributed by atoms with van der Waals surface area (Å²) in [7, 11) is 1.90. The molecule has 34 heavy (non-hydrogen) atoms. The highest BCUT2D eigenvalue weighted by atomic mass is 16.2. The Morgan fingerprint density at radius 2 is 1.85 bits per heavy atom. The number of pyridine rings is 1. The van der Waals surface area contributed by atoms with E-state index in [1.165, 1.54) is 12.8 Å². The van der Waals surface area contributed by atoms with Gasteiger partial charge in [0.15, 0.2) is 0 Å². The van der Waals surface area contributed by atoms with Gasteiger partial charge < -0.3 is 25.0 Å². The van der Waals surface area contributed by atoms with Crippen LogP contribution in [-0.2, 0) is 5.54 Å². The van der Waals surface area contributed by atoms with Crippen molar-refractivity contribution in [1.82, 2.24) is 29.7 Å². The molecular formula is C25H32N8O. The highest BCUT2D eigenvalue weighted by Crippen LogP contribution is 2.43. The molecule has 5 heterocycles. The van der Waals surface area contributed by atoms with Crippen LogP contribution in [0.2, 0.25) is 0 Å². The van der Waals surface area contributed by atoms with E-state index in [2.05, 4.69) is 50.0 Å². The van der Waals surface area contributed by atoms with Crippen molar-refractivity contribution >= 4 is 34.4 Å². The Hall–Kier alpha value is -3.20. The van der Waals surface area contributed by atoms with Gasteiger partial charge >= 0.3 is 0 Å². The van der Waals surface area contributed by atoms with Crippen molar-refractivity contribution < 1.29 is 4.79 Å². The molecule has 0 bridgehead atoms. The zero-order chi connectivity index (χ0) is 23.4. The number of anilines is 3. The first-order valence-corrected chi connectivity index (χ1v) is 12.3. The molecule has 9 nitrogen and oxygen atoms in total. The number of carbonyl (C=O) groups excluding carboxylic acids is 1. The van der Waals surface area contributed by atoms with Crippen LogP contribution in [-0.4, -0.2) is 69.1 Å². The lowest BCUT2D eigenvalue weighted by Crippen LogP contribution is -2.54. The van der Waals surface area contributed by atoms with Gasteiger partial charge in [0.25, 0.3) is 5.91 Å². The molecule has 6 rings (SSSR count). The molecule has 0 aromatic carbocycles. The topological polar surface area (TPSA) is 91.2 Å². The third-order valence-corrected chi connectivity index (χ3v) is 7.56. The fourth-order valence-corrected chi connectivity index (χ4v) is 6.18. The maximum atomic E-state index is 12.9. The smallest absolute Gasteiger partial charge is 0.270 e. The van der Waals surface area contributed by atoms with E-state index in [0.29, 0.717) is 23.8 Å². The van der Waals surface area contributed by atoms with Gasteiger partial charge in [-0.3, -0.25) is 4.79 Å². The molecule has 3 aromatic heterocycles. The summed E-state index contributed by atoms with van der Waals surface area (Å²) in [5.74, 6) is 1.26. The van der Waals surface area contributed by atoms with Crippen molar-refractivity contribution in [2.45, 2.75) is 57.2 Å². The number of hydrogen-bond donors (Lipinski definition) is 2. The Kier molecular flexibility index (Phi) is 4.98. The van der Waals surface area contributed by atoms with Gasteiger partial charge in [0.1, 0.15) is 17.2 Å². The lowest BCUT2D eigenvalue weighted by Gasteiger charge is -2.41. The van der Waals surface area contributed by atoms with Crippen LogP contribution in [0.25, 0.3) is 11.0 Å². The number of rotatable bonds is 3. The number of aromatic nitrogens is 4. The van der Waals surface area contributed by atoms with Gasteiger partial charge in [-0.2, -0.15) is 4.98 Å². The fourth-order valence-electron chi connectivity index (χ4n) is 6.18. The maximum absolute atomic E-state index is 12.9. The number of amides is 1. The monoisotopic (exact) mass is 460 g/mol. The number of nitrogens with zero attached hydrogens (tertiary/aromatic N) is 6. The molecule has 2 fully saturated rings. The molecule has 1 saturated heterocycles. The van der Waals surface area contributed by atoms with Crippen LogP contribution < -0.4 is 15.5 Å². The summed E-state index contributed by atoms with van der Waals surface area (Å²) in [5.41, 5.74) is 2.60. The van der Waals surface area contributed by atoms with Crippen LogP contribution in [0.3, 0.4) is 0 Å². The summed E-state index contributed by atoms with van der Waals surface area (Å²) in [6.45, 7) is 7.09. The molecule has 1 spiro atoms. The summed E-state index contributed by atoms with van der Waals surface area (Å²) in [5, 5.41) is 7.73. The van der Waals surface area contributed by atoms with E-state index in [1.54, 1.807) is 0 Å². The Morgan fingerprint density at radius 3 is 2.56 bits per heavy atom. The average Bonchev–Trinajstić information content (AvgIpc) is 3.43. The van der Waals surface area contributed by atoms with Gasteiger partial charge in [-0.15, -0.1) is 0 Å². The van der Waals surface area contributed by atoms with Crippen LogP contribution in [0.15, 0.2) is 30.6 Å². The number of likely N-dealkylation sites (N-methyl/N-ethyl adjacent to an activating group) is 1. The maximum Gasteiger partial charge on any atom is 0.270 e. The normalized spacial score (nSPS) is 24.1. The van der Waals surface area contributed by atoms with Crippen LogP contribution in [0, 0.1) is 0 Å². The van der Waals surface area contributed by atoms with Crippen LogP contribution in [0.4, 0.5) is 17.5 Å². The van der Waals surface area contributed by atoms with Crippen LogP contribution in [0.5, 0.6) is 0 Å². The van der Waals surface area contributed by atoms with Crippen molar-refractivity contribution in [2.75, 3.05) is 36.9 Å². The minimum atomic E-state index is -0.0666. The van der Waals surface area contributed by atoms with Crippen LogP contribution in [0.1, 0.15) is 50.0 Å². The zero-order valence-corrected chi connectivity index (χ0v) is 20.1. The van der Waals surface area contributed by atoms with Gasteiger partial charge in [0.05, 0.1) is 17.4 Å². The molecule has 2 aliphatic heterocycles. The molecule has 1 saturated carbocycles. The Balaban J connectivity index is 1.29. The van der Waals surface area contributed by atoms with E-state index in [9.17, 15) is 4.79 Å². The van der Waals surface area contributed by atoms with Gasteiger partial charge in [-0.25, -0.2) is 9.97 Å². The van der Waals surface area contributed by atoms with E-state index in [4.69, 9.17) is 4.98 Å². The Morgan fingerprint density at radius 1 is 1.09 bits per heavy atom. The zero-order valence-electron chi connectivity index (χ0n) is 20.1. The summed E-state index contributed by atoms with van der Waals surface area (Å²) in [6, 6.07) is 6.92. The van der Waals surface area contributed by atoms with E-state index in [1.807, 2.05) is 36.5 Å². The summed E-state index contributed by atoms with van der Waals surface area (Å²) in [6.07, 6.45) is 8.22. The second-order valence-corrected chi connectivity index (χ2v) is 10.3. The van der Waals surface area contributed by atoms with Gasteiger partial charge in [0.2, 0.25) is 5.95 Å². The Labute approximate surface area is 199 Å². The first-order chi connectivity index (χ1) is 16.4. The number of hydrogen-bond acceptors (Lipinski definition) is 7. The SMILES string of the molecule is C[C@@H]1CN(c2ccc(Nc3ncc4cc5n(c4n3)C3(CCCC3)CN(C)C5=O)nc2)C[C@H](C)N1. The lowest BCUT2D eigenvalue weighted by molar-refractivity contribution is 0.0626. The van der Waals surface area contributed by atoms with Gasteiger partial charge in [-0.05, 0) is 44.9 Å². The second-order valence-electron chi connectivity index (χ2n) is 10.3. The number of fused-ring (bicyclic) bond motifs is 4. The molecule has 1 aliphatic carbocycles. The van der Waals surface area contributed by atoms with Gasteiger partial charge in [0, 0.05) is 50.3 Å². The third-order valence-electron chi connectivity index (χ3n) is 7.56. The third kappa shape index (κ3) is 3.50. The molecule has 2 N–H and O–H groups in total. The highest BCUT2D eigenvalue weighted by molar-refractivity contribution is 5.99. The van der Waals surface area contributed by atoms with E-state index < -0.39 is 0 Å². The van der Waals surface area contributed by atoms with Crippen molar-refractivity contribution in [3.05, 3.63) is 36.3 Å². The molecular weight excluding hydrogens is 428 g/mol. The molecule has 3 aromatic rings. The minimum absolute atomic E-state index is 0.0545. The van der Waals surface area contributed by atoms with Crippen molar-refractivity contribution in [3.63, 3.8) is 0 Å². The predicted molar refractivity (Wildman–Crippen MR) is 133 cm³/mol. The standard InChI is InChI=1S/C25H32N8O/c1-16-13-32(14-17(2)28-16)19-6-7-21(26-12-19)29-24-27-11-18-10-20-23(34)31(3)15-25(8-4-5-9-25)33(20)22(18)30-24/h6-7,10-12,16-17,28H,4-5,8-9,13-15H2,1-3H3,(H,26,27,29,30)/t16-,17+. The van der Waals surface area contributed by atoms with E-state index in [0.717, 1.165) is 54.9 Å². The molecule has 0 radical (unpaired) electrons. The summed E-state index contributed by atoms with van der Waals surface area (Å²) < 4.78 is 2.20. The molecule has 2 atom stereocenters. The minimum Gasteiger partial charge on any atom is -0.367 e. The quantitative estimate of drug-likeness (QED) is 0.621. The van der Waals surface area contributed by atoms with Crippen molar-refractivity contribution in [3.8, 4) is 0 Å². The number of nitrogens with one attached hydrogen (secondary N) is 2. The number of carbonyl (C=O) groups is 1. The van der Waals surface area contributed by atoms with Crippen LogP contribution >= 0.6 is 0 Å². The van der Waals surface area contributed by atoms with Crippen molar-refractivity contribution in [2.24, 2.45) is 0 Å². The molecule has 0 unspecified atom stereocenters. The molecule has 9 heteroatoms. The predicted octanol–water partition coefficient (Wildman–Crippen LogP) is 3.11. The second kappa shape index (κ2) is 7.94. The lowest BCUT2D eigenvalue weighted by atomic mass is 9.93. The Bertz CT molecular complexity index is 1220. The fraction of sp³-hybridized carbons (Fsp3) is 0.520.